The molecule has 0 saturated heterocycles. The molecule has 154 valence electrons. The third-order valence-electron chi connectivity index (χ3n) is 5.98. The Balaban J connectivity index is 1.62. The highest BCUT2D eigenvalue weighted by molar-refractivity contribution is 6.31. The summed E-state index contributed by atoms with van der Waals surface area (Å²) < 4.78 is 2.20. The van der Waals surface area contributed by atoms with Gasteiger partial charge in [0.15, 0.2) is 11.6 Å². The molecule has 1 unspecified atom stereocenters. The minimum atomic E-state index is -0.105. The van der Waals surface area contributed by atoms with Gasteiger partial charge in [-0.2, -0.15) is 0 Å². The number of benzene rings is 2. The van der Waals surface area contributed by atoms with Crippen molar-refractivity contribution >= 4 is 17.3 Å². The van der Waals surface area contributed by atoms with Crippen molar-refractivity contribution in [3.63, 3.8) is 0 Å². The summed E-state index contributed by atoms with van der Waals surface area (Å²) in [5.41, 5.74) is 4.09. The third-order valence-corrected chi connectivity index (χ3v) is 6.21. The van der Waals surface area contributed by atoms with Crippen molar-refractivity contribution in [1.82, 2.24) is 19.7 Å². The highest BCUT2D eigenvalue weighted by Gasteiger charge is 2.29. The minimum absolute atomic E-state index is 0.105. The molecule has 1 aliphatic carbocycles. The van der Waals surface area contributed by atoms with Crippen molar-refractivity contribution in [2.75, 3.05) is 13.1 Å². The van der Waals surface area contributed by atoms with Crippen LogP contribution in [0, 0.1) is 5.92 Å². The molecule has 1 atom stereocenters. The second kappa shape index (κ2) is 7.97. The largest absolute Gasteiger partial charge is 0.296 e. The van der Waals surface area contributed by atoms with Gasteiger partial charge >= 0.3 is 0 Å². The predicted molar refractivity (Wildman–Crippen MR) is 121 cm³/mol. The van der Waals surface area contributed by atoms with Crippen molar-refractivity contribution in [3.8, 4) is 5.69 Å². The first-order chi connectivity index (χ1) is 14.6. The number of fused-ring (bicyclic) bond motifs is 3. The van der Waals surface area contributed by atoms with E-state index in [9.17, 15) is 0 Å². The van der Waals surface area contributed by atoms with Gasteiger partial charge in [-0.3, -0.25) is 14.5 Å². The number of hydrogen-bond acceptors (Lipinski definition) is 4. The first-order valence-electron chi connectivity index (χ1n) is 10.7. The molecule has 6 heteroatoms. The third kappa shape index (κ3) is 3.68. The summed E-state index contributed by atoms with van der Waals surface area (Å²) in [5.74, 6) is 2.68. The van der Waals surface area contributed by atoms with E-state index in [0.717, 1.165) is 59.7 Å². The van der Waals surface area contributed by atoms with Crippen LogP contribution in [0.3, 0.4) is 0 Å². The highest BCUT2D eigenvalue weighted by atomic mass is 35.5. The summed E-state index contributed by atoms with van der Waals surface area (Å²) in [6, 6.07) is 16.2. The molecule has 0 spiro atoms. The molecular weight excluding hydrogens is 394 g/mol. The Morgan fingerprint density at radius 3 is 2.63 bits per heavy atom. The van der Waals surface area contributed by atoms with Gasteiger partial charge in [0, 0.05) is 22.7 Å². The van der Waals surface area contributed by atoms with Crippen LogP contribution in [0.25, 0.3) is 5.69 Å². The molecule has 1 aliphatic heterocycles. The van der Waals surface area contributed by atoms with Crippen molar-refractivity contribution < 1.29 is 0 Å². The number of aliphatic imine (C=N–C) groups is 1. The van der Waals surface area contributed by atoms with E-state index in [2.05, 4.69) is 51.7 Å². The van der Waals surface area contributed by atoms with Gasteiger partial charge in [-0.1, -0.05) is 48.9 Å². The standard InChI is InChI=1S/C24H26ClN5/c1-3-29(14-17-9-10-17)15-22-27-28-24-16(2)26-23(18-7-5-4-6-8-18)20-13-19(25)11-12-21(20)30(22)24/h4-8,11-13,16-17H,3,9-10,14-15H2,1-2H3. The number of aromatic nitrogens is 3. The summed E-state index contributed by atoms with van der Waals surface area (Å²) in [4.78, 5) is 7.53. The maximum absolute atomic E-state index is 6.43. The fraction of sp³-hybridized carbons (Fsp3) is 0.375. The number of rotatable bonds is 6. The van der Waals surface area contributed by atoms with Crippen LogP contribution in [0.4, 0.5) is 0 Å². The van der Waals surface area contributed by atoms with E-state index >= 15 is 0 Å². The van der Waals surface area contributed by atoms with Gasteiger partial charge in [0.05, 0.1) is 17.9 Å². The lowest BCUT2D eigenvalue weighted by molar-refractivity contribution is 0.260. The van der Waals surface area contributed by atoms with E-state index in [0.29, 0.717) is 5.02 Å². The van der Waals surface area contributed by atoms with E-state index < -0.39 is 0 Å². The molecule has 0 radical (unpaired) electrons. The van der Waals surface area contributed by atoms with Crippen LogP contribution in [-0.4, -0.2) is 38.5 Å². The quantitative estimate of drug-likeness (QED) is 0.560. The number of halogens is 1. The number of nitrogens with zero attached hydrogens (tertiary/aromatic N) is 5. The lowest BCUT2D eigenvalue weighted by Gasteiger charge is -2.21. The second-order valence-corrected chi connectivity index (χ2v) is 8.70. The van der Waals surface area contributed by atoms with Crippen LogP contribution in [0.1, 0.15) is 55.5 Å². The molecule has 0 N–H and O–H groups in total. The van der Waals surface area contributed by atoms with Crippen LogP contribution < -0.4 is 0 Å². The molecule has 30 heavy (non-hydrogen) atoms. The SMILES string of the molecule is CCN(Cc1nnc2n1-c1ccc(Cl)cc1C(c1ccccc1)=NC2C)CC1CC1. The highest BCUT2D eigenvalue weighted by Crippen LogP contribution is 2.33. The van der Waals surface area contributed by atoms with Gasteiger partial charge in [0.1, 0.15) is 6.04 Å². The van der Waals surface area contributed by atoms with Gasteiger partial charge in [0.2, 0.25) is 0 Å². The van der Waals surface area contributed by atoms with Gasteiger partial charge < -0.3 is 0 Å². The second-order valence-electron chi connectivity index (χ2n) is 8.26. The van der Waals surface area contributed by atoms with E-state index in [1.54, 1.807) is 0 Å². The molecule has 1 aromatic heterocycles. The fourth-order valence-electron chi connectivity index (χ4n) is 4.18. The van der Waals surface area contributed by atoms with Crippen LogP contribution in [0.2, 0.25) is 5.02 Å². The molecule has 5 rings (SSSR count). The molecule has 3 aromatic rings. The zero-order valence-electron chi connectivity index (χ0n) is 17.4. The first-order valence-corrected chi connectivity index (χ1v) is 11.1. The molecule has 1 fully saturated rings. The van der Waals surface area contributed by atoms with Crippen LogP contribution >= 0.6 is 11.6 Å². The average molecular weight is 420 g/mol. The average Bonchev–Trinajstić information content (AvgIpc) is 3.50. The molecule has 1 saturated carbocycles. The maximum Gasteiger partial charge on any atom is 0.162 e. The van der Waals surface area contributed by atoms with E-state index in [-0.39, 0.29) is 6.04 Å². The first kappa shape index (κ1) is 19.5. The lowest BCUT2D eigenvalue weighted by Crippen LogP contribution is -2.27. The van der Waals surface area contributed by atoms with Crippen LogP contribution in [0.5, 0.6) is 0 Å². The van der Waals surface area contributed by atoms with Gasteiger partial charge in [0.25, 0.3) is 0 Å². The molecule has 0 bridgehead atoms. The maximum atomic E-state index is 6.43. The van der Waals surface area contributed by atoms with Crippen LogP contribution in [0.15, 0.2) is 53.5 Å². The van der Waals surface area contributed by atoms with Gasteiger partial charge in [-0.05, 0) is 50.4 Å². The summed E-state index contributed by atoms with van der Waals surface area (Å²) >= 11 is 6.43. The minimum Gasteiger partial charge on any atom is -0.296 e. The van der Waals surface area contributed by atoms with E-state index in [1.807, 2.05) is 30.3 Å². The summed E-state index contributed by atoms with van der Waals surface area (Å²) in [6.45, 7) is 7.23. The Hall–Kier alpha value is -2.50. The zero-order chi connectivity index (χ0) is 20.7. The normalized spacial score (nSPS) is 18.0. The monoisotopic (exact) mass is 419 g/mol. The predicted octanol–water partition coefficient (Wildman–Crippen LogP) is 5.06. The summed E-state index contributed by atoms with van der Waals surface area (Å²) in [5, 5.41) is 9.87. The molecule has 0 amide bonds. The lowest BCUT2D eigenvalue weighted by atomic mass is 10.0. The molecule has 2 aliphatic rings. The topological polar surface area (TPSA) is 46.3 Å². The van der Waals surface area contributed by atoms with Crippen molar-refractivity contribution in [2.45, 2.75) is 39.3 Å². The van der Waals surface area contributed by atoms with E-state index in [1.165, 1.54) is 12.8 Å². The summed E-state index contributed by atoms with van der Waals surface area (Å²) in [6.07, 6.45) is 2.70. The Morgan fingerprint density at radius 2 is 1.90 bits per heavy atom. The molecule has 5 nitrogen and oxygen atoms in total. The zero-order valence-corrected chi connectivity index (χ0v) is 18.2. The smallest absolute Gasteiger partial charge is 0.162 e. The Kier molecular flexibility index (Phi) is 5.17. The van der Waals surface area contributed by atoms with Gasteiger partial charge in [-0.25, -0.2) is 0 Å². The van der Waals surface area contributed by atoms with Crippen molar-refractivity contribution in [3.05, 3.63) is 76.3 Å². The Bertz CT molecular complexity index is 1080. The van der Waals surface area contributed by atoms with Gasteiger partial charge in [-0.15, -0.1) is 10.2 Å². The molecule has 2 heterocycles. The van der Waals surface area contributed by atoms with E-state index in [4.69, 9.17) is 16.6 Å². The molecular formula is C24H26ClN5. The fourth-order valence-corrected chi connectivity index (χ4v) is 4.35. The Morgan fingerprint density at radius 1 is 1.10 bits per heavy atom. The van der Waals surface area contributed by atoms with Crippen molar-refractivity contribution in [1.29, 1.82) is 0 Å². The molecule has 2 aromatic carbocycles. The summed E-state index contributed by atoms with van der Waals surface area (Å²) in [7, 11) is 0. The number of hydrogen-bond donors (Lipinski definition) is 0. The Labute approximate surface area is 182 Å². The van der Waals surface area contributed by atoms with Crippen molar-refractivity contribution in [2.24, 2.45) is 10.9 Å². The van der Waals surface area contributed by atoms with Crippen LogP contribution in [-0.2, 0) is 6.54 Å².